The SMILES string of the molecule is COC(=O)CC(C)S(=O)CC1CC1. The lowest BCUT2D eigenvalue weighted by Gasteiger charge is -2.08. The van der Waals surface area contributed by atoms with Crippen LogP contribution in [0.2, 0.25) is 0 Å². The van der Waals surface area contributed by atoms with Gasteiger partial charge in [0, 0.05) is 21.8 Å². The molecule has 0 bridgehead atoms. The van der Waals surface area contributed by atoms with Crippen LogP contribution in [0.3, 0.4) is 0 Å². The van der Waals surface area contributed by atoms with Crippen molar-refractivity contribution >= 4 is 16.8 Å². The molecule has 1 fully saturated rings. The van der Waals surface area contributed by atoms with Gasteiger partial charge in [0.25, 0.3) is 0 Å². The minimum absolute atomic E-state index is 0.0620. The highest BCUT2D eigenvalue weighted by molar-refractivity contribution is 7.85. The van der Waals surface area contributed by atoms with E-state index in [1.165, 1.54) is 20.0 Å². The van der Waals surface area contributed by atoms with Gasteiger partial charge in [-0.25, -0.2) is 0 Å². The number of hydrogen-bond acceptors (Lipinski definition) is 3. The maximum atomic E-state index is 11.5. The fourth-order valence-electron chi connectivity index (χ4n) is 1.09. The molecule has 0 heterocycles. The first kappa shape index (κ1) is 10.7. The van der Waals surface area contributed by atoms with E-state index in [1.54, 1.807) is 0 Å². The first-order valence-corrected chi connectivity index (χ1v) is 5.95. The molecule has 76 valence electrons. The third kappa shape index (κ3) is 3.89. The summed E-state index contributed by atoms with van der Waals surface area (Å²) in [5.74, 6) is 1.15. The third-order valence-corrected chi connectivity index (χ3v) is 4.09. The van der Waals surface area contributed by atoms with Crippen molar-refractivity contribution in [3.63, 3.8) is 0 Å². The van der Waals surface area contributed by atoms with E-state index < -0.39 is 10.8 Å². The van der Waals surface area contributed by atoms with E-state index in [0.717, 1.165) is 5.75 Å². The van der Waals surface area contributed by atoms with Crippen molar-refractivity contribution in [1.29, 1.82) is 0 Å². The Labute approximate surface area is 81.3 Å². The summed E-state index contributed by atoms with van der Waals surface area (Å²) in [7, 11) is 0.505. The fourth-order valence-corrected chi connectivity index (χ4v) is 2.54. The van der Waals surface area contributed by atoms with Crippen LogP contribution in [0.15, 0.2) is 0 Å². The second-order valence-electron chi connectivity index (χ2n) is 3.58. The molecule has 0 aliphatic heterocycles. The monoisotopic (exact) mass is 204 g/mol. The van der Waals surface area contributed by atoms with Crippen LogP contribution in [-0.2, 0) is 20.3 Å². The molecule has 0 N–H and O–H groups in total. The van der Waals surface area contributed by atoms with Crippen molar-refractivity contribution in [2.45, 2.75) is 31.4 Å². The van der Waals surface area contributed by atoms with E-state index in [9.17, 15) is 9.00 Å². The van der Waals surface area contributed by atoms with Gasteiger partial charge in [0.1, 0.15) is 0 Å². The number of rotatable bonds is 5. The smallest absolute Gasteiger partial charge is 0.306 e. The van der Waals surface area contributed by atoms with E-state index in [0.29, 0.717) is 5.92 Å². The number of ether oxygens (including phenoxy) is 1. The van der Waals surface area contributed by atoms with Crippen LogP contribution >= 0.6 is 0 Å². The molecule has 0 spiro atoms. The van der Waals surface area contributed by atoms with Crippen LogP contribution in [0.4, 0.5) is 0 Å². The average Bonchev–Trinajstić information content (AvgIpc) is 2.87. The quantitative estimate of drug-likeness (QED) is 0.630. The van der Waals surface area contributed by atoms with Crippen molar-refractivity contribution in [1.82, 2.24) is 0 Å². The Morgan fingerprint density at radius 1 is 1.62 bits per heavy atom. The van der Waals surface area contributed by atoms with Crippen molar-refractivity contribution in [2.75, 3.05) is 12.9 Å². The van der Waals surface area contributed by atoms with Crippen LogP contribution in [-0.4, -0.2) is 28.3 Å². The Hall–Kier alpha value is -0.380. The minimum atomic E-state index is -0.855. The summed E-state index contributed by atoms with van der Waals surface area (Å²) in [6.45, 7) is 1.84. The summed E-state index contributed by atoms with van der Waals surface area (Å²) in [5, 5.41) is -0.0620. The standard InChI is InChI=1S/C9H16O3S/c1-7(5-9(10)12-2)13(11)6-8-3-4-8/h7-8H,3-6H2,1-2H3. The molecule has 13 heavy (non-hydrogen) atoms. The molecular weight excluding hydrogens is 188 g/mol. The zero-order valence-corrected chi connectivity index (χ0v) is 8.93. The lowest BCUT2D eigenvalue weighted by atomic mass is 10.3. The Balaban J connectivity index is 2.23. The molecule has 1 aliphatic carbocycles. The van der Waals surface area contributed by atoms with Gasteiger partial charge in [-0.05, 0) is 18.8 Å². The predicted molar refractivity (Wildman–Crippen MR) is 51.8 cm³/mol. The normalized spacial score (nSPS) is 20.8. The lowest BCUT2D eigenvalue weighted by Crippen LogP contribution is -2.19. The summed E-state index contributed by atoms with van der Waals surface area (Å²) >= 11 is 0. The van der Waals surface area contributed by atoms with Crippen LogP contribution < -0.4 is 0 Å². The molecule has 1 rings (SSSR count). The lowest BCUT2D eigenvalue weighted by molar-refractivity contribution is -0.140. The van der Waals surface area contributed by atoms with Crippen LogP contribution in [0.25, 0.3) is 0 Å². The molecule has 1 aliphatic rings. The molecule has 2 atom stereocenters. The number of hydrogen-bond donors (Lipinski definition) is 0. The highest BCUT2D eigenvalue weighted by Gasteiger charge is 2.26. The van der Waals surface area contributed by atoms with Gasteiger partial charge in [-0.3, -0.25) is 9.00 Å². The molecule has 0 radical (unpaired) electrons. The second kappa shape index (κ2) is 4.74. The first-order chi connectivity index (χ1) is 6.13. The molecular formula is C9H16O3S. The molecule has 0 aromatic carbocycles. The van der Waals surface area contributed by atoms with Gasteiger partial charge in [-0.15, -0.1) is 0 Å². The number of methoxy groups -OCH3 is 1. The van der Waals surface area contributed by atoms with Crippen LogP contribution in [0.1, 0.15) is 26.2 Å². The summed E-state index contributed by atoms with van der Waals surface area (Å²) in [4.78, 5) is 10.9. The Morgan fingerprint density at radius 3 is 2.69 bits per heavy atom. The topological polar surface area (TPSA) is 43.4 Å². The highest BCUT2D eigenvalue weighted by atomic mass is 32.2. The van der Waals surface area contributed by atoms with Crippen LogP contribution in [0.5, 0.6) is 0 Å². The van der Waals surface area contributed by atoms with E-state index in [-0.39, 0.29) is 17.6 Å². The Bertz CT molecular complexity index is 211. The summed E-state index contributed by atoms with van der Waals surface area (Å²) in [5.41, 5.74) is 0. The van der Waals surface area contributed by atoms with Gasteiger partial charge in [-0.1, -0.05) is 6.92 Å². The van der Waals surface area contributed by atoms with E-state index in [1.807, 2.05) is 6.92 Å². The van der Waals surface area contributed by atoms with Gasteiger partial charge in [0.05, 0.1) is 13.5 Å². The summed E-state index contributed by atoms with van der Waals surface area (Å²) in [6.07, 6.45) is 2.68. The van der Waals surface area contributed by atoms with Crippen molar-refractivity contribution in [2.24, 2.45) is 5.92 Å². The van der Waals surface area contributed by atoms with E-state index >= 15 is 0 Å². The number of carbonyl (C=O) groups excluding carboxylic acids is 1. The molecule has 0 saturated heterocycles. The van der Waals surface area contributed by atoms with Gasteiger partial charge < -0.3 is 4.74 Å². The Morgan fingerprint density at radius 2 is 2.23 bits per heavy atom. The summed E-state index contributed by atoms with van der Waals surface area (Å²) < 4.78 is 16.1. The molecule has 0 aromatic rings. The highest BCUT2D eigenvalue weighted by Crippen LogP contribution is 2.30. The minimum Gasteiger partial charge on any atom is -0.469 e. The molecule has 4 heteroatoms. The second-order valence-corrected chi connectivity index (χ2v) is 5.48. The van der Waals surface area contributed by atoms with Crippen molar-refractivity contribution < 1.29 is 13.7 Å². The van der Waals surface area contributed by atoms with Crippen molar-refractivity contribution in [3.05, 3.63) is 0 Å². The molecule has 1 saturated carbocycles. The van der Waals surface area contributed by atoms with E-state index in [4.69, 9.17) is 0 Å². The zero-order chi connectivity index (χ0) is 9.84. The maximum Gasteiger partial charge on any atom is 0.306 e. The number of carbonyl (C=O) groups is 1. The van der Waals surface area contributed by atoms with Crippen LogP contribution in [0, 0.1) is 5.92 Å². The fraction of sp³-hybridized carbons (Fsp3) is 0.889. The molecule has 2 unspecified atom stereocenters. The van der Waals surface area contributed by atoms with Gasteiger partial charge in [0.15, 0.2) is 0 Å². The molecule has 0 aromatic heterocycles. The Kier molecular flexibility index (Phi) is 3.90. The maximum absolute atomic E-state index is 11.5. The average molecular weight is 204 g/mol. The van der Waals surface area contributed by atoms with Gasteiger partial charge in [0.2, 0.25) is 0 Å². The summed E-state index contributed by atoms with van der Waals surface area (Å²) in [6, 6.07) is 0. The predicted octanol–water partition coefficient (Wildman–Crippen LogP) is 1.10. The first-order valence-electron chi connectivity index (χ1n) is 4.57. The molecule has 3 nitrogen and oxygen atoms in total. The third-order valence-electron chi connectivity index (χ3n) is 2.23. The van der Waals surface area contributed by atoms with Gasteiger partial charge in [-0.2, -0.15) is 0 Å². The van der Waals surface area contributed by atoms with Crippen molar-refractivity contribution in [3.8, 4) is 0 Å². The number of esters is 1. The van der Waals surface area contributed by atoms with Gasteiger partial charge >= 0.3 is 5.97 Å². The largest absolute Gasteiger partial charge is 0.469 e. The molecule has 0 amide bonds. The van der Waals surface area contributed by atoms with E-state index in [2.05, 4.69) is 4.74 Å². The zero-order valence-electron chi connectivity index (χ0n) is 8.12.